The van der Waals surface area contributed by atoms with Crippen molar-refractivity contribution in [1.29, 1.82) is 0 Å². The quantitative estimate of drug-likeness (QED) is 0.426. The largest absolute Gasteiger partial charge is 0.505 e. The lowest BCUT2D eigenvalue weighted by Gasteiger charge is -1.96. The Morgan fingerprint density at radius 1 is 1.19 bits per heavy atom. The lowest BCUT2D eigenvalue weighted by Crippen LogP contribution is -1.92. The van der Waals surface area contributed by atoms with Gasteiger partial charge in [0, 0.05) is 17.0 Å². The van der Waals surface area contributed by atoms with Gasteiger partial charge in [-0.05, 0) is 12.1 Å². The van der Waals surface area contributed by atoms with E-state index in [1.807, 2.05) is 0 Å². The fourth-order valence-corrected chi connectivity index (χ4v) is 2.35. The van der Waals surface area contributed by atoms with E-state index in [1.54, 1.807) is 6.07 Å². The lowest BCUT2D eigenvalue weighted by atomic mass is 10.2. The minimum Gasteiger partial charge on any atom is -0.505 e. The molecular formula is C13H9FN6O. The highest BCUT2D eigenvalue weighted by Crippen LogP contribution is 2.32. The maximum atomic E-state index is 13.4. The van der Waals surface area contributed by atoms with Gasteiger partial charge in [-0.15, -0.1) is 0 Å². The van der Waals surface area contributed by atoms with Crippen LogP contribution in [-0.2, 0) is 0 Å². The second kappa shape index (κ2) is 3.92. The topological polar surface area (TPSA) is 116 Å². The second-order valence-corrected chi connectivity index (χ2v) is 4.63. The zero-order valence-electron chi connectivity index (χ0n) is 10.6. The van der Waals surface area contributed by atoms with Gasteiger partial charge in [0.15, 0.2) is 17.2 Å². The van der Waals surface area contributed by atoms with Crippen molar-refractivity contribution in [3.8, 4) is 17.1 Å². The summed E-state index contributed by atoms with van der Waals surface area (Å²) in [4.78, 5) is 11.0. The summed E-state index contributed by atoms with van der Waals surface area (Å²) in [5, 5.41) is 17.5. The first kappa shape index (κ1) is 11.6. The molecule has 0 spiro atoms. The number of aromatic amines is 2. The van der Waals surface area contributed by atoms with Crippen molar-refractivity contribution < 1.29 is 9.50 Å². The first-order valence-electron chi connectivity index (χ1n) is 6.09. The highest BCUT2D eigenvalue weighted by atomic mass is 19.1. The number of phenols is 1. The van der Waals surface area contributed by atoms with Crippen LogP contribution in [0.5, 0.6) is 5.75 Å². The third-order valence-electron chi connectivity index (χ3n) is 3.34. The van der Waals surface area contributed by atoms with Crippen LogP contribution in [0.1, 0.15) is 0 Å². The van der Waals surface area contributed by atoms with Crippen molar-refractivity contribution in [3.63, 3.8) is 0 Å². The predicted molar refractivity (Wildman–Crippen MR) is 75.0 cm³/mol. The average Bonchev–Trinajstić information content (AvgIpc) is 3.03. The molecule has 0 aliphatic carbocycles. The van der Waals surface area contributed by atoms with Gasteiger partial charge in [0.1, 0.15) is 12.1 Å². The van der Waals surface area contributed by atoms with E-state index in [4.69, 9.17) is 5.73 Å². The van der Waals surface area contributed by atoms with Crippen molar-refractivity contribution in [2.45, 2.75) is 0 Å². The minimum absolute atomic E-state index is 0.302. The summed E-state index contributed by atoms with van der Waals surface area (Å²) in [7, 11) is 0. The SMILES string of the molecule is Nc1ncnc2n[nH]c(-c3cc4cc(F)c(O)cc4[nH]3)c12. The molecule has 0 bridgehead atoms. The smallest absolute Gasteiger partial charge is 0.186 e. The number of nitrogens with one attached hydrogen (secondary N) is 2. The van der Waals surface area contributed by atoms with Crippen molar-refractivity contribution in [3.05, 3.63) is 30.3 Å². The van der Waals surface area contributed by atoms with Crippen LogP contribution in [0.3, 0.4) is 0 Å². The summed E-state index contributed by atoms with van der Waals surface area (Å²) < 4.78 is 13.4. The summed E-state index contributed by atoms with van der Waals surface area (Å²) >= 11 is 0. The first-order valence-corrected chi connectivity index (χ1v) is 6.09. The molecule has 21 heavy (non-hydrogen) atoms. The molecule has 0 saturated carbocycles. The normalized spacial score (nSPS) is 11.5. The molecule has 4 aromatic rings. The Hall–Kier alpha value is -3.16. The third kappa shape index (κ3) is 1.62. The Balaban J connectivity index is 2.00. The molecule has 0 radical (unpaired) electrons. The van der Waals surface area contributed by atoms with E-state index in [0.29, 0.717) is 39.1 Å². The number of halogens is 1. The van der Waals surface area contributed by atoms with Crippen LogP contribution in [0.25, 0.3) is 33.3 Å². The third-order valence-corrected chi connectivity index (χ3v) is 3.34. The van der Waals surface area contributed by atoms with Gasteiger partial charge in [-0.2, -0.15) is 5.10 Å². The summed E-state index contributed by atoms with van der Waals surface area (Å²) in [6.07, 6.45) is 1.33. The summed E-state index contributed by atoms with van der Waals surface area (Å²) in [6, 6.07) is 4.31. The van der Waals surface area contributed by atoms with E-state index in [2.05, 4.69) is 25.1 Å². The van der Waals surface area contributed by atoms with Gasteiger partial charge in [-0.1, -0.05) is 0 Å². The zero-order valence-corrected chi connectivity index (χ0v) is 10.6. The fourth-order valence-electron chi connectivity index (χ4n) is 2.35. The molecular weight excluding hydrogens is 275 g/mol. The van der Waals surface area contributed by atoms with E-state index in [0.717, 1.165) is 0 Å². The van der Waals surface area contributed by atoms with Crippen LogP contribution in [0.2, 0.25) is 0 Å². The summed E-state index contributed by atoms with van der Waals surface area (Å²) in [5.41, 5.74) is 8.17. The fraction of sp³-hybridized carbons (Fsp3) is 0. The van der Waals surface area contributed by atoms with Crippen molar-refractivity contribution >= 4 is 27.8 Å². The van der Waals surface area contributed by atoms with Crippen LogP contribution in [0.4, 0.5) is 10.2 Å². The van der Waals surface area contributed by atoms with Crippen LogP contribution >= 0.6 is 0 Å². The molecule has 8 heteroatoms. The standard InChI is InChI=1S/C13H9FN6O/c14-6-1-5-2-8(18-7(5)3-9(6)21)11-10-12(15)16-4-17-13(10)20-19-11/h1-4,18,21H,(H3,15,16,17,19,20). The van der Waals surface area contributed by atoms with Crippen LogP contribution in [0, 0.1) is 5.82 Å². The molecule has 1 aromatic carbocycles. The van der Waals surface area contributed by atoms with Gasteiger partial charge in [0.25, 0.3) is 0 Å². The molecule has 104 valence electrons. The number of H-pyrrole nitrogens is 2. The van der Waals surface area contributed by atoms with Crippen molar-refractivity contribution in [2.24, 2.45) is 0 Å². The summed E-state index contributed by atoms with van der Waals surface area (Å²) in [6.45, 7) is 0. The maximum absolute atomic E-state index is 13.4. The molecule has 3 aromatic heterocycles. The van der Waals surface area contributed by atoms with Crippen LogP contribution in [0.15, 0.2) is 24.5 Å². The molecule has 0 amide bonds. The van der Waals surface area contributed by atoms with Gasteiger partial charge < -0.3 is 15.8 Å². The Bertz CT molecular complexity index is 950. The molecule has 0 aliphatic rings. The molecule has 4 rings (SSSR count). The maximum Gasteiger partial charge on any atom is 0.186 e. The van der Waals surface area contributed by atoms with E-state index in [9.17, 15) is 9.50 Å². The highest BCUT2D eigenvalue weighted by Gasteiger charge is 2.15. The molecule has 0 aliphatic heterocycles. The Morgan fingerprint density at radius 2 is 2.05 bits per heavy atom. The highest BCUT2D eigenvalue weighted by molar-refractivity contribution is 5.99. The van der Waals surface area contributed by atoms with Crippen LogP contribution in [-0.4, -0.2) is 30.3 Å². The van der Waals surface area contributed by atoms with Gasteiger partial charge in [0.05, 0.1) is 16.8 Å². The number of nitrogen functional groups attached to an aromatic ring is 1. The van der Waals surface area contributed by atoms with Gasteiger partial charge in [-0.25, -0.2) is 14.4 Å². The number of rotatable bonds is 1. The predicted octanol–water partition coefficient (Wildman–Crippen LogP) is 1.93. The number of aromatic hydroxyl groups is 1. The van der Waals surface area contributed by atoms with E-state index >= 15 is 0 Å². The van der Waals surface area contributed by atoms with Crippen LogP contribution < -0.4 is 5.73 Å². The number of anilines is 1. The number of hydrogen-bond acceptors (Lipinski definition) is 5. The van der Waals surface area contributed by atoms with Gasteiger partial charge in [-0.3, -0.25) is 5.10 Å². The minimum atomic E-state index is -0.676. The number of nitrogens with two attached hydrogens (primary N) is 1. The second-order valence-electron chi connectivity index (χ2n) is 4.63. The van der Waals surface area contributed by atoms with Crippen molar-refractivity contribution in [1.82, 2.24) is 25.1 Å². The van der Waals surface area contributed by atoms with Gasteiger partial charge in [0.2, 0.25) is 0 Å². The molecule has 0 fully saturated rings. The Kier molecular flexibility index (Phi) is 2.17. The average molecular weight is 284 g/mol. The number of hydrogen-bond donors (Lipinski definition) is 4. The molecule has 0 unspecified atom stereocenters. The number of fused-ring (bicyclic) bond motifs is 2. The first-order chi connectivity index (χ1) is 10.1. The Morgan fingerprint density at radius 3 is 2.90 bits per heavy atom. The van der Waals surface area contributed by atoms with Crippen molar-refractivity contribution in [2.75, 3.05) is 5.73 Å². The molecule has 3 heterocycles. The van der Waals surface area contributed by atoms with E-state index in [1.165, 1.54) is 18.5 Å². The van der Waals surface area contributed by atoms with Gasteiger partial charge >= 0.3 is 0 Å². The van der Waals surface area contributed by atoms with E-state index in [-0.39, 0.29) is 0 Å². The monoisotopic (exact) mass is 284 g/mol. The summed E-state index contributed by atoms with van der Waals surface area (Å²) in [5.74, 6) is -0.782. The lowest BCUT2D eigenvalue weighted by molar-refractivity contribution is 0.433. The number of aromatic nitrogens is 5. The number of benzene rings is 1. The number of nitrogens with zero attached hydrogens (tertiary/aromatic N) is 3. The molecule has 0 atom stereocenters. The van der Waals surface area contributed by atoms with E-state index < -0.39 is 11.6 Å². The molecule has 5 N–H and O–H groups in total. The Labute approximate surface area is 116 Å². The zero-order chi connectivity index (χ0) is 14.6. The molecule has 0 saturated heterocycles. The molecule has 7 nitrogen and oxygen atoms in total. The number of phenolic OH excluding ortho intramolecular Hbond substituents is 1.